The summed E-state index contributed by atoms with van der Waals surface area (Å²) in [7, 11) is 0. The van der Waals surface area contributed by atoms with Gasteiger partial charge in [-0.05, 0) is 18.2 Å². The van der Waals surface area contributed by atoms with E-state index in [-0.39, 0.29) is 12.5 Å². The summed E-state index contributed by atoms with van der Waals surface area (Å²) in [5.41, 5.74) is 0.969. The highest BCUT2D eigenvalue weighted by molar-refractivity contribution is 5.95. The summed E-state index contributed by atoms with van der Waals surface area (Å²) in [6.45, 7) is 0.294. The first-order chi connectivity index (χ1) is 8.61. The number of nitriles is 1. The second kappa shape index (κ2) is 4.75. The van der Waals surface area contributed by atoms with E-state index in [2.05, 4.69) is 5.32 Å². The van der Waals surface area contributed by atoms with Crippen LogP contribution in [-0.2, 0) is 4.79 Å². The average Bonchev–Trinajstić information content (AvgIpc) is 2.70. The molecule has 92 valence electrons. The van der Waals surface area contributed by atoms with Crippen LogP contribution in [0.4, 0.5) is 10.5 Å². The quantitative estimate of drug-likeness (QED) is 0.828. The highest BCUT2D eigenvalue weighted by Gasteiger charge is 2.33. The Morgan fingerprint density at radius 3 is 3.06 bits per heavy atom. The van der Waals surface area contributed by atoms with E-state index >= 15 is 0 Å². The van der Waals surface area contributed by atoms with Crippen LogP contribution in [0.5, 0.6) is 0 Å². The number of rotatable bonds is 3. The molecule has 1 fully saturated rings. The highest BCUT2D eigenvalue weighted by atomic mass is 16.4. The number of hydrogen-bond donors (Lipinski definition) is 2. The van der Waals surface area contributed by atoms with Gasteiger partial charge < -0.3 is 10.4 Å². The van der Waals surface area contributed by atoms with Gasteiger partial charge >= 0.3 is 12.0 Å². The molecule has 2 N–H and O–H groups in total. The van der Waals surface area contributed by atoms with Crippen LogP contribution in [0.25, 0.3) is 0 Å². The van der Waals surface area contributed by atoms with Crippen molar-refractivity contribution in [3.05, 3.63) is 29.8 Å². The van der Waals surface area contributed by atoms with E-state index in [4.69, 9.17) is 10.4 Å². The molecule has 0 spiro atoms. The van der Waals surface area contributed by atoms with Gasteiger partial charge in [0.1, 0.15) is 0 Å². The highest BCUT2D eigenvalue weighted by Crippen LogP contribution is 2.23. The maximum atomic E-state index is 11.7. The van der Waals surface area contributed by atoms with Gasteiger partial charge in [0.25, 0.3) is 0 Å². The smallest absolute Gasteiger partial charge is 0.322 e. The molecule has 1 saturated heterocycles. The summed E-state index contributed by atoms with van der Waals surface area (Å²) in [5.74, 6) is -0.960. The predicted octanol–water partition coefficient (Wildman–Crippen LogP) is 0.931. The number of carboxylic acid groups (broad SMARTS) is 1. The van der Waals surface area contributed by atoms with Crippen molar-refractivity contribution in [3.63, 3.8) is 0 Å². The SMILES string of the molecule is N#Cc1cccc(N2C(=O)NCC2CC(=O)O)c1. The second-order valence-electron chi connectivity index (χ2n) is 3.97. The normalized spacial score (nSPS) is 18.3. The summed E-state index contributed by atoms with van der Waals surface area (Å²) < 4.78 is 0. The number of carbonyl (C=O) groups is 2. The molecule has 6 nitrogen and oxygen atoms in total. The van der Waals surface area contributed by atoms with Crippen molar-refractivity contribution in [1.29, 1.82) is 5.26 Å². The van der Waals surface area contributed by atoms with E-state index in [0.717, 1.165) is 0 Å². The van der Waals surface area contributed by atoms with Crippen molar-refractivity contribution in [2.75, 3.05) is 11.4 Å². The van der Waals surface area contributed by atoms with Crippen LogP contribution in [-0.4, -0.2) is 29.7 Å². The van der Waals surface area contributed by atoms with Crippen LogP contribution in [0.3, 0.4) is 0 Å². The number of carbonyl (C=O) groups excluding carboxylic acids is 1. The fourth-order valence-electron chi connectivity index (χ4n) is 1.97. The van der Waals surface area contributed by atoms with Gasteiger partial charge in [0.2, 0.25) is 0 Å². The lowest BCUT2D eigenvalue weighted by Crippen LogP contribution is -2.35. The Bertz CT molecular complexity index is 536. The topological polar surface area (TPSA) is 93.4 Å². The van der Waals surface area contributed by atoms with Crippen LogP contribution in [0.2, 0.25) is 0 Å². The number of urea groups is 1. The van der Waals surface area contributed by atoms with Crippen molar-refractivity contribution in [2.45, 2.75) is 12.5 Å². The first-order valence-corrected chi connectivity index (χ1v) is 5.41. The Balaban J connectivity index is 2.30. The molecule has 6 heteroatoms. The average molecular weight is 245 g/mol. The van der Waals surface area contributed by atoms with Crippen LogP contribution in [0.15, 0.2) is 24.3 Å². The third kappa shape index (κ3) is 2.25. The Hall–Kier alpha value is -2.55. The minimum absolute atomic E-state index is 0.129. The molecule has 1 aliphatic rings. The molecule has 0 saturated carbocycles. The summed E-state index contributed by atoms with van der Waals surface area (Å²) in [4.78, 5) is 23.8. The van der Waals surface area contributed by atoms with E-state index in [1.54, 1.807) is 24.3 Å². The van der Waals surface area contributed by atoms with Gasteiger partial charge in [-0.25, -0.2) is 4.79 Å². The first kappa shape index (κ1) is 11.9. The van der Waals surface area contributed by atoms with Crippen molar-refractivity contribution < 1.29 is 14.7 Å². The van der Waals surface area contributed by atoms with Gasteiger partial charge in [-0.2, -0.15) is 5.26 Å². The van der Waals surface area contributed by atoms with Gasteiger partial charge in [0.15, 0.2) is 0 Å². The molecule has 1 aromatic rings. The Morgan fingerprint density at radius 1 is 1.61 bits per heavy atom. The standard InChI is InChI=1S/C12H11N3O3/c13-6-8-2-1-3-9(4-8)15-10(5-11(16)17)7-14-12(15)18/h1-4,10H,5,7H2,(H,14,18)(H,16,17). The van der Waals surface area contributed by atoms with Gasteiger partial charge in [-0.15, -0.1) is 0 Å². The van der Waals surface area contributed by atoms with Crippen molar-refractivity contribution >= 4 is 17.7 Å². The largest absolute Gasteiger partial charge is 0.481 e. The van der Waals surface area contributed by atoms with Gasteiger partial charge in [-0.3, -0.25) is 9.69 Å². The predicted molar refractivity (Wildman–Crippen MR) is 63.1 cm³/mol. The molecule has 1 heterocycles. The molecule has 1 aromatic carbocycles. The van der Waals surface area contributed by atoms with Crippen LogP contribution in [0, 0.1) is 11.3 Å². The van der Waals surface area contributed by atoms with Crippen molar-refractivity contribution in [1.82, 2.24) is 5.32 Å². The minimum atomic E-state index is -0.960. The summed E-state index contributed by atoms with van der Waals surface area (Å²) in [6.07, 6.45) is -0.129. The third-order valence-electron chi connectivity index (χ3n) is 2.74. The van der Waals surface area contributed by atoms with Crippen LogP contribution >= 0.6 is 0 Å². The molecule has 2 amide bonds. The lowest BCUT2D eigenvalue weighted by molar-refractivity contribution is -0.137. The molecule has 1 atom stereocenters. The zero-order chi connectivity index (χ0) is 13.1. The van der Waals surface area contributed by atoms with Crippen LogP contribution in [0.1, 0.15) is 12.0 Å². The number of amides is 2. The Kier molecular flexibility index (Phi) is 3.15. The number of nitrogens with one attached hydrogen (secondary N) is 1. The molecule has 18 heavy (non-hydrogen) atoms. The molecule has 0 bridgehead atoms. The summed E-state index contributed by atoms with van der Waals surface area (Å²) in [5, 5.41) is 20.2. The Labute approximate surface area is 103 Å². The number of hydrogen-bond acceptors (Lipinski definition) is 3. The number of nitrogens with zero attached hydrogens (tertiary/aromatic N) is 2. The van der Waals surface area contributed by atoms with E-state index in [1.165, 1.54) is 4.90 Å². The third-order valence-corrected chi connectivity index (χ3v) is 2.74. The second-order valence-corrected chi connectivity index (χ2v) is 3.97. The Morgan fingerprint density at radius 2 is 2.39 bits per heavy atom. The minimum Gasteiger partial charge on any atom is -0.481 e. The monoisotopic (exact) mass is 245 g/mol. The van der Waals surface area contributed by atoms with Gasteiger partial charge in [0.05, 0.1) is 24.1 Å². The number of benzene rings is 1. The molecular formula is C12H11N3O3. The lowest BCUT2D eigenvalue weighted by atomic mass is 10.1. The number of carboxylic acids is 1. The molecule has 1 aliphatic heterocycles. The fourth-order valence-corrected chi connectivity index (χ4v) is 1.97. The number of anilines is 1. The van der Waals surface area contributed by atoms with E-state index in [1.807, 2.05) is 6.07 Å². The van der Waals surface area contributed by atoms with Gasteiger partial charge in [0, 0.05) is 12.2 Å². The maximum Gasteiger partial charge on any atom is 0.322 e. The molecule has 0 aliphatic carbocycles. The van der Waals surface area contributed by atoms with Gasteiger partial charge in [-0.1, -0.05) is 6.07 Å². The zero-order valence-corrected chi connectivity index (χ0v) is 9.46. The number of aliphatic carboxylic acids is 1. The van der Waals surface area contributed by atoms with E-state index < -0.39 is 12.0 Å². The zero-order valence-electron chi connectivity index (χ0n) is 9.46. The summed E-state index contributed by atoms with van der Waals surface area (Å²) >= 11 is 0. The van der Waals surface area contributed by atoms with E-state index in [0.29, 0.717) is 17.8 Å². The first-order valence-electron chi connectivity index (χ1n) is 5.41. The molecule has 2 rings (SSSR count). The summed E-state index contributed by atoms with van der Waals surface area (Å²) in [6, 6.07) is 7.77. The lowest BCUT2D eigenvalue weighted by Gasteiger charge is -2.21. The molecular weight excluding hydrogens is 234 g/mol. The molecule has 1 unspecified atom stereocenters. The molecule has 0 radical (unpaired) electrons. The van der Waals surface area contributed by atoms with Crippen LogP contribution < -0.4 is 10.2 Å². The van der Waals surface area contributed by atoms with E-state index in [9.17, 15) is 9.59 Å². The fraction of sp³-hybridized carbons (Fsp3) is 0.250. The van der Waals surface area contributed by atoms with Crippen molar-refractivity contribution in [3.8, 4) is 6.07 Å². The maximum absolute atomic E-state index is 11.7. The molecule has 0 aromatic heterocycles. The van der Waals surface area contributed by atoms with Crippen molar-refractivity contribution in [2.24, 2.45) is 0 Å².